The minimum Gasteiger partial charge on any atom is -0.342 e. The number of carbonyl (C=O) groups excluding carboxylic acids is 1. The summed E-state index contributed by atoms with van der Waals surface area (Å²) in [6.45, 7) is 3.61. The average Bonchev–Trinajstić information content (AvgIpc) is 2.28. The summed E-state index contributed by atoms with van der Waals surface area (Å²) < 4.78 is 36.0. The second kappa shape index (κ2) is 5.24. The number of hydrogen-bond donors (Lipinski definition) is 0. The summed E-state index contributed by atoms with van der Waals surface area (Å²) in [7, 11) is 2.67. The molecule has 0 aliphatic rings. The minimum absolute atomic E-state index is 0.00132. The van der Waals surface area contributed by atoms with E-state index in [0.717, 1.165) is 12.1 Å². The Morgan fingerprint density at radius 3 is 2.44 bits per heavy atom. The van der Waals surface area contributed by atoms with Crippen LogP contribution in [0.25, 0.3) is 0 Å². The molecule has 0 N–H and O–H groups in total. The van der Waals surface area contributed by atoms with Crippen molar-refractivity contribution in [1.82, 2.24) is 4.90 Å². The molecular formula is C11H13ClFNO3S. The first-order valence-corrected chi connectivity index (χ1v) is 7.49. The van der Waals surface area contributed by atoms with Crippen LogP contribution in [0, 0.1) is 12.7 Å². The molecule has 1 rings (SSSR count). The van der Waals surface area contributed by atoms with Crippen LogP contribution in [0.15, 0.2) is 17.0 Å². The van der Waals surface area contributed by atoms with Crippen LogP contribution in [0.3, 0.4) is 0 Å². The van der Waals surface area contributed by atoms with Gasteiger partial charge in [-0.1, -0.05) is 0 Å². The third-order valence-corrected chi connectivity index (χ3v) is 4.09. The van der Waals surface area contributed by atoms with Crippen molar-refractivity contribution >= 4 is 25.6 Å². The first-order chi connectivity index (χ1) is 8.18. The molecule has 0 aromatic heterocycles. The molecule has 1 aromatic rings. The molecule has 18 heavy (non-hydrogen) atoms. The van der Waals surface area contributed by atoms with Gasteiger partial charge in [-0.25, -0.2) is 12.8 Å². The molecule has 0 heterocycles. The van der Waals surface area contributed by atoms with Crippen molar-refractivity contribution < 1.29 is 17.6 Å². The van der Waals surface area contributed by atoms with E-state index in [2.05, 4.69) is 0 Å². The van der Waals surface area contributed by atoms with Crippen LogP contribution in [0.4, 0.5) is 4.39 Å². The molecule has 4 nitrogen and oxygen atoms in total. The highest BCUT2D eigenvalue weighted by molar-refractivity contribution is 8.13. The van der Waals surface area contributed by atoms with E-state index in [9.17, 15) is 17.6 Å². The van der Waals surface area contributed by atoms with E-state index in [4.69, 9.17) is 10.7 Å². The zero-order chi connectivity index (χ0) is 14.1. The van der Waals surface area contributed by atoms with Crippen LogP contribution < -0.4 is 0 Å². The highest BCUT2D eigenvalue weighted by Crippen LogP contribution is 2.24. The van der Waals surface area contributed by atoms with E-state index in [0.29, 0.717) is 6.54 Å². The number of nitrogens with zero attached hydrogens (tertiary/aromatic N) is 1. The number of halogens is 2. The summed E-state index contributed by atoms with van der Waals surface area (Å²) in [4.78, 5) is 12.9. The Morgan fingerprint density at radius 1 is 1.44 bits per heavy atom. The van der Waals surface area contributed by atoms with Crippen molar-refractivity contribution in [2.75, 3.05) is 13.6 Å². The van der Waals surface area contributed by atoms with Gasteiger partial charge in [-0.05, 0) is 31.5 Å². The number of benzene rings is 1. The average molecular weight is 294 g/mol. The molecule has 7 heteroatoms. The van der Waals surface area contributed by atoms with Gasteiger partial charge in [-0.3, -0.25) is 4.79 Å². The number of carbonyl (C=O) groups is 1. The van der Waals surface area contributed by atoms with Gasteiger partial charge in [0.2, 0.25) is 0 Å². The van der Waals surface area contributed by atoms with Crippen LogP contribution in [0.1, 0.15) is 22.8 Å². The fourth-order valence-electron chi connectivity index (χ4n) is 1.48. The number of rotatable bonds is 3. The van der Waals surface area contributed by atoms with Crippen LogP contribution >= 0.6 is 10.7 Å². The molecule has 0 saturated carbocycles. The maximum atomic E-state index is 13.4. The molecule has 0 fully saturated rings. The summed E-state index contributed by atoms with van der Waals surface area (Å²) in [5, 5.41) is 0. The summed E-state index contributed by atoms with van der Waals surface area (Å²) >= 11 is 0. The van der Waals surface area contributed by atoms with Crippen molar-refractivity contribution in [1.29, 1.82) is 0 Å². The van der Waals surface area contributed by atoms with E-state index in [1.165, 1.54) is 11.8 Å². The van der Waals surface area contributed by atoms with Gasteiger partial charge in [0.05, 0.1) is 4.90 Å². The van der Waals surface area contributed by atoms with Gasteiger partial charge in [0.25, 0.3) is 15.0 Å². The fourth-order valence-corrected chi connectivity index (χ4v) is 2.69. The van der Waals surface area contributed by atoms with Crippen LogP contribution in [-0.4, -0.2) is 32.8 Å². The monoisotopic (exact) mass is 293 g/mol. The van der Waals surface area contributed by atoms with Crippen LogP contribution in [0.5, 0.6) is 0 Å². The lowest BCUT2D eigenvalue weighted by Gasteiger charge is -2.17. The van der Waals surface area contributed by atoms with Gasteiger partial charge < -0.3 is 4.90 Å². The van der Waals surface area contributed by atoms with Gasteiger partial charge in [-0.2, -0.15) is 0 Å². The lowest BCUT2D eigenvalue weighted by atomic mass is 10.1. The minimum atomic E-state index is -4.08. The largest absolute Gasteiger partial charge is 0.342 e. The van der Waals surface area contributed by atoms with Crippen LogP contribution in [-0.2, 0) is 9.05 Å². The van der Waals surface area contributed by atoms with Crippen LogP contribution in [0.2, 0.25) is 0 Å². The van der Waals surface area contributed by atoms with E-state index in [1.807, 2.05) is 0 Å². The molecule has 0 aliphatic heterocycles. The van der Waals surface area contributed by atoms with Gasteiger partial charge in [-0.15, -0.1) is 0 Å². The molecule has 1 aromatic carbocycles. The highest BCUT2D eigenvalue weighted by Gasteiger charge is 2.22. The predicted molar refractivity (Wildman–Crippen MR) is 66.8 cm³/mol. The smallest absolute Gasteiger partial charge is 0.261 e. The SMILES string of the molecule is CCN(C)C(=O)c1cc(F)cc(S(=O)(=O)Cl)c1C. The zero-order valence-electron chi connectivity index (χ0n) is 10.2. The first kappa shape index (κ1) is 14.9. The maximum Gasteiger partial charge on any atom is 0.261 e. The summed E-state index contributed by atoms with van der Waals surface area (Å²) in [6.07, 6.45) is 0. The standard InChI is InChI=1S/C11H13ClFNO3S/c1-4-14(3)11(15)9-5-8(13)6-10(7(9)2)18(12,16)17/h5-6H,4H2,1-3H3. The molecule has 0 spiro atoms. The topological polar surface area (TPSA) is 54.5 Å². The van der Waals surface area contributed by atoms with Gasteiger partial charge in [0, 0.05) is 29.8 Å². The summed E-state index contributed by atoms with van der Waals surface area (Å²) in [6, 6.07) is 1.82. The number of amides is 1. The van der Waals surface area contributed by atoms with Crippen molar-refractivity contribution in [3.63, 3.8) is 0 Å². The maximum absolute atomic E-state index is 13.4. The quantitative estimate of drug-likeness (QED) is 0.803. The van der Waals surface area contributed by atoms with Crippen molar-refractivity contribution in [2.24, 2.45) is 0 Å². The Labute approximate surface area is 110 Å². The van der Waals surface area contributed by atoms with Gasteiger partial charge in [0.1, 0.15) is 5.82 Å². The highest BCUT2D eigenvalue weighted by atomic mass is 35.7. The number of hydrogen-bond acceptors (Lipinski definition) is 3. The van der Waals surface area contributed by atoms with E-state index >= 15 is 0 Å². The van der Waals surface area contributed by atoms with E-state index in [-0.39, 0.29) is 16.0 Å². The Kier molecular flexibility index (Phi) is 4.34. The molecule has 0 atom stereocenters. The fraction of sp³-hybridized carbons (Fsp3) is 0.364. The van der Waals surface area contributed by atoms with E-state index < -0.39 is 20.8 Å². The molecule has 100 valence electrons. The summed E-state index contributed by atoms with van der Waals surface area (Å²) in [5.74, 6) is -1.26. The van der Waals surface area contributed by atoms with Gasteiger partial charge in [0.15, 0.2) is 0 Å². The summed E-state index contributed by atoms with van der Waals surface area (Å²) in [5.41, 5.74) is 0.148. The molecule has 0 saturated heterocycles. The third kappa shape index (κ3) is 3.00. The Balaban J connectivity index is 3.48. The van der Waals surface area contributed by atoms with Crippen molar-refractivity contribution in [3.8, 4) is 0 Å². The molecule has 0 aliphatic carbocycles. The van der Waals surface area contributed by atoms with Gasteiger partial charge >= 0.3 is 0 Å². The second-order valence-corrected chi connectivity index (χ2v) is 6.37. The lowest BCUT2D eigenvalue weighted by Crippen LogP contribution is -2.27. The van der Waals surface area contributed by atoms with E-state index in [1.54, 1.807) is 14.0 Å². The molecule has 1 amide bonds. The lowest BCUT2D eigenvalue weighted by molar-refractivity contribution is 0.0801. The Bertz CT molecular complexity index is 586. The molecule has 0 radical (unpaired) electrons. The Morgan fingerprint density at radius 2 is 2.00 bits per heavy atom. The van der Waals surface area contributed by atoms with Crippen molar-refractivity contribution in [3.05, 3.63) is 29.1 Å². The first-order valence-electron chi connectivity index (χ1n) is 5.18. The Hall–Kier alpha value is -1.14. The third-order valence-electron chi connectivity index (χ3n) is 2.64. The molecule has 0 bridgehead atoms. The van der Waals surface area contributed by atoms with Crippen molar-refractivity contribution in [2.45, 2.75) is 18.7 Å². The normalized spacial score (nSPS) is 11.4. The second-order valence-electron chi connectivity index (χ2n) is 3.83. The zero-order valence-corrected chi connectivity index (χ0v) is 11.8. The predicted octanol–water partition coefficient (Wildman–Crippen LogP) is 2.15. The molecular weight excluding hydrogens is 281 g/mol. The molecule has 0 unspecified atom stereocenters.